The number of carboxylic acid groups (broad SMARTS) is 1. The van der Waals surface area contributed by atoms with Gasteiger partial charge in [-0.3, -0.25) is 14.2 Å². The third-order valence-electron chi connectivity index (χ3n) is 2.27. The van der Waals surface area contributed by atoms with Crippen LogP contribution in [0.4, 0.5) is 4.39 Å². The number of hydrogen-bond acceptors (Lipinski definition) is 4. The minimum atomic E-state index is -1.04. The zero-order valence-electron chi connectivity index (χ0n) is 9.92. The fourth-order valence-electron chi connectivity index (χ4n) is 1.48. The number of benzene rings is 1. The molecule has 0 aliphatic rings. The smallest absolute Gasteiger partial charge is 0.313 e. The molecule has 1 aromatic carbocycles. The molecule has 2 rings (SSSR count). The summed E-state index contributed by atoms with van der Waals surface area (Å²) in [7, 11) is 0. The quantitative estimate of drug-likeness (QED) is 0.692. The first kappa shape index (κ1) is 14.5. The molecular formula is C12H8ClFN2O3S. The van der Waals surface area contributed by atoms with Crippen LogP contribution in [0.3, 0.4) is 0 Å². The Morgan fingerprint density at radius 3 is 2.85 bits per heavy atom. The number of thioether (sulfide) groups is 1. The SMILES string of the molecule is O=C(O)CSc1nc(=O)ccn1-c1ccc(F)cc1Cl. The molecule has 0 spiro atoms. The van der Waals surface area contributed by atoms with Crippen LogP contribution in [0, 0.1) is 5.82 Å². The molecule has 0 atom stereocenters. The monoisotopic (exact) mass is 314 g/mol. The highest BCUT2D eigenvalue weighted by Gasteiger charge is 2.11. The van der Waals surface area contributed by atoms with E-state index in [9.17, 15) is 14.0 Å². The average Bonchev–Trinajstić information content (AvgIpc) is 2.37. The van der Waals surface area contributed by atoms with Gasteiger partial charge in [0.15, 0.2) is 5.16 Å². The molecule has 1 N–H and O–H groups in total. The van der Waals surface area contributed by atoms with Gasteiger partial charge in [-0.05, 0) is 18.2 Å². The second kappa shape index (κ2) is 6.06. The van der Waals surface area contributed by atoms with E-state index in [0.717, 1.165) is 17.8 Å². The summed E-state index contributed by atoms with van der Waals surface area (Å²) in [5.41, 5.74) is -0.0826. The highest BCUT2D eigenvalue weighted by molar-refractivity contribution is 7.99. The maximum absolute atomic E-state index is 13.0. The zero-order chi connectivity index (χ0) is 14.7. The lowest BCUT2D eigenvalue weighted by atomic mass is 10.3. The summed E-state index contributed by atoms with van der Waals surface area (Å²) in [5.74, 6) is -1.78. The molecule has 20 heavy (non-hydrogen) atoms. The van der Waals surface area contributed by atoms with Gasteiger partial charge < -0.3 is 5.11 Å². The Morgan fingerprint density at radius 1 is 1.45 bits per heavy atom. The predicted octanol–water partition coefficient (Wildman–Crippen LogP) is 2.20. The molecule has 0 radical (unpaired) electrons. The van der Waals surface area contributed by atoms with E-state index >= 15 is 0 Å². The van der Waals surface area contributed by atoms with E-state index in [1.165, 1.54) is 29.0 Å². The molecule has 8 heteroatoms. The predicted molar refractivity (Wildman–Crippen MR) is 73.2 cm³/mol. The van der Waals surface area contributed by atoms with Gasteiger partial charge in [-0.25, -0.2) is 4.39 Å². The minimum absolute atomic E-state index is 0.132. The van der Waals surface area contributed by atoms with E-state index in [-0.39, 0.29) is 15.9 Å². The number of aromatic nitrogens is 2. The molecule has 0 saturated heterocycles. The van der Waals surface area contributed by atoms with E-state index in [1.54, 1.807) is 0 Å². The zero-order valence-corrected chi connectivity index (χ0v) is 11.5. The van der Waals surface area contributed by atoms with Crippen molar-refractivity contribution in [1.29, 1.82) is 0 Å². The first-order chi connectivity index (χ1) is 9.47. The number of carboxylic acids is 1. The van der Waals surface area contributed by atoms with Gasteiger partial charge in [0.1, 0.15) is 5.82 Å². The molecule has 0 fully saturated rings. The molecule has 0 bridgehead atoms. The third-order valence-corrected chi connectivity index (χ3v) is 3.51. The van der Waals surface area contributed by atoms with Crippen molar-refractivity contribution in [2.45, 2.75) is 5.16 Å². The van der Waals surface area contributed by atoms with E-state index in [4.69, 9.17) is 16.7 Å². The van der Waals surface area contributed by atoms with Crippen LogP contribution in [0.1, 0.15) is 0 Å². The van der Waals surface area contributed by atoms with E-state index in [0.29, 0.717) is 5.69 Å². The summed E-state index contributed by atoms with van der Waals surface area (Å²) in [5, 5.41) is 8.99. The molecule has 2 aromatic rings. The summed E-state index contributed by atoms with van der Waals surface area (Å²) >= 11 is 6.82. The van der Waals surface area contributed by atoms with E-state index < -0.39 is 17.3 Å². The first-order valence-corrected chi connectivity index (χ1v) is 6.73. The first-order valence-electron chi connectivity index (χ1n) is 5.37. The molecule has 0 aliphatic carbocycles. The van der Waals surface area contributed by atoms with Crippen molar-refractivity contribution in [2.75, 3.05) is 5.75 Å². The Kier molecular flexibility index (Phi) is 4.41. The Bertz CT molecular complexity index is 720. The van der Waals surface area contributed by atoms with Crippen LogP contribution in [-0.4, -0.2) is 26.4 Å². The second-order valence-electron chi connectivity index (χ2n) is 3.70. The molecular weight excluding hydrogens is 307 g/mol. The summed E-state index contributed by atoms with van der Waals surface area (Å²) in [4.78, 5) is 25.6. The van der Waals surface area contributed by atoms with Crippen LogP contribution in [0.15, 0.2) is 40.4 Å². The number of carbonyl (C=O) groups is 1. The lowest BCUT2D eigenvalue weighted by Gasteiger charge is -2.12. The molecule has 0 saturated carbocycles. The molecule has 1 heterocycles. The number of hydrogen-bond donors (Lipinski definition) is 1. The third kappa shape index (κ3) is 3.37. The van der Waals surface area contributed by atoms with Gasteiger partial charge in [-0.2, -0.15) is 4.98 Å². The Hall–Kier alpha value is -1.86. The van der Waals surface area contributed by atoms with Crippen molar-refractivity contribution >= 4 is 29.3 Å². The van der Waals surface area contributed by atoms with Crippen molar-refractivity contribution < 1.29 is 14.3 Å². The Morgan fingerprint density at radius 2 is 2.20 bits per heavy atom. The highest BCUT2D eigenvalue weighted by Crippen LogP contribution is 2.25. The van der Waals surface area contributed by atoms with Gasteiger partial charge in [0.05, 0.1) is 16.5 Å². The summed E-state index contributed by atoms with van der Waals surface area (Å²) in [6, 6.07) is 4.98. The number of halogens is 2. The van der Waals surface area contributed by atoms with Crippen LogP contribution in [0.5, 0.6) is 0 Å². The maximum atomic E-state index is 13.0. The van der Waals surface area contributed by atoms with Crippen LogP contribution in [-0.2, 0) is 4.79 Å². The van der Waals surface area contributed by atoms with Gasteiger partial charge in [0.25, 0.3) is 5.56 Å². The van der Waals surface area contributed by atoms with Crippen LogP contribution in [0.2, 0.25) is 5.02 Å². The van der Waals surface area contributed by atoms with Crippen molar-refractivity contribution in [1.82, 2.24) is 9.55 Å². The molecule has 0 amide bonds. The van der Waals surface area contributed by atoms with E-state index in [2.05, 4.69) is 4.98 Å². The van der Waals surface area contributed by atoms with Gasteiger partial charge in [0.2, 0.25) is 0 Å². The van der Waals surface area contributed by atoms with Gasteiger partial charge in [-0.15, -0.1) is 0 Å². The van der Waals surface area contributed by atoms with E-state index in [1.807, 2.05) is 0 Å². The van der Waals surface area contributed by atoms with Gasteiger partial charge in [0, 0.05) is 12.3 Å². The number of nitrogens with zero attached hydrogens (tertiary/aromatic N) is 2. The maximum Gasteiger partial charge on any atom is 0.313 e. The van der Waals surface area contributed by atoms with Gasteiger partial charge >= 0.3 is 5.97 Å². The summed E-state index contributed by atoms with van der Waals surface area (Å²) < 4.78 is 14.5. The van der Waals surface area contributed by atoms with Crippen molar-refractivity contribution in [2.24, 2.45) is 0 Å². The number of aliphatic carboxylic acids is 1. The van der Waals surface area contributed by atoms with Crippen molar-refractivity contribution in [3.05, 3.63) is 51.7 Å². The van der Waals surface area contributed by atoms with Crippen molar-refractivity contribution in [3.63, 3.8) is 0 Å². The largest absolute Gasteiger partial charge is 0.481 e. The normalized spacial score (nSPS) is 10.5. The van der Waals surface area contributed by atoms with Crippen LogP contribution < -0.4 is 5.56 Å². The number of rotatable bonds is 4. The lowest BCUT2D eigenvalue weighted by Crippen LogP contribution is -2.13. The summed E-state index contributed by atoms with van der Waals surface area (Å²) in [6.07, 6.45) is 1.42. The second-order valence-corrected chi connectivity index (χ2v) is 5.05. The fourth-order valence-corrected chi connectivity index (χ4v) is 2.44. The lowest BCUT2D eigenvalue weighted by molar-refractivity contribution is -0.133. The Balaban J connectivity index is 2.49. The fraction of sp³-hybridized carbons (Fsp3) is 0.0833. The molecule has 0 aliphatic heterocycles. The molecule has 0 unspecified atom stereocenters. The standard InChI is InChI=1S/C12H8ClFN2O3S/c13-8-5-7(14)1-2-9(8)16-4-3-10(17)15-12(16)20-6-11(18)19/h1-5H,6H2,(H,18,19). The topological polar surface area (TPSA) is 72.2 Å². The molecule has 104 valence electrons. The van der Waals surface area contributed by atoms with Crippen molar-refractivity contribution in [3.8, 4) is 5.69 Å². The van der Waals surface area contributed by atoms with Gasteiger partial charge in [-0.1, -0.05) is 23.4 Å². The Labute approximate surface area is 122 Å². The summed E-state index contributed by atoms with van der Waals surface area (Å²) in [6.45, 7) is 0. The minimum Gasteiger partial charge on any atom is -0.481 e. The molecule has 5 nitrogen and oxygen atoms in total. The highest BCUT2D eigenvalue weighted by atomic mass is 35.5. The van der Waals surface area contributed by atoms with Crippen LogP contribution >= 0.6 is 23.4 Å². The molecule has 1 aromatic heterocycles. The average molecular weight is 315 g/mol. The van der Waals surface area contributed by atoms with Crippen LogP contribution in [0.25, 0.3) is 5.69 Å².